The summed E-state index contributed by atoms with van der Waals surface area (Å²) in [6.07, 6.45) is 8.85. The third-order valence-electron chi connectivity index (χ3n) is 10.9. The van der Waals surface area contributed by atoms with Gasteiger partial charge in [-0.2, -0.15) is 0 Å². The molecular formula is C50H55Cl7N2O6. The van der Waals surface area contributed by atoms with Gasteiger partial charge in [-0.25, -0.2) is 0 Å². The van der Waals surface area contributed by atoms with E-state index in [2.05, 4.69) is 30.0 Å². The molecule has 6 unspecified atom stereocenters. The van der Waals surface area contributed by atoms with Crippen LogP contribution < -0.4 is 14.8 Å². The quantitative estimate of drug-likeness (QED) is 0.0755. The number of hydrogen-bond donors (Lipinski definition) is 2. The standard InChI is InChI=1S/C26H32Cl2N2O3.C12H11Cl3O.C12H12Cl2O2/c1-4-18(2)25(19-8-10-21(27)22(28)16-19)26(31)29-20-9-11-23(32-3)24(17-20)33-15-14-30-12-6-5-7-13-30;2*1-3-7(2)11(12(15)16)8-4-5-9(13)10(14)6-8/h4,8-11,16-18,25H,1,5-7,12-15H2,2-3H3,(H,29,31);3-7,11H,1H2,2H3;3-7,11H,1H2,2H3,(H,15,16). The molecule has 2 N–H and O–H groups in total. The number of ether oxygens (including phenoxy) is 2. The molecule has 1 heterocycles. The summed E-state index contributed by atoms with van der Waals surface area (Å²) in [6, 6.07) is 20.6. The number of aliphatic carboxylic acids is 1. The summed E-state index contributed by atoms with van der Waals surface area (Å²) < 4.78 is 11.5. The molecule has 1 amide bonds. The number of rotatable bonds is 18. The summed E-state index contributed by atoms with van der Waals surface area (Å²) in [6.45, 7) is 20.4. The maximum atomic E-state index is 13.3. The monoisotopic (exact) mass is 1020 g/mol. The lowest BCUT2D eigenvalue weighted by Gasteiger charge is -2.26. The summed E-state index contributed by atoms with van der Waals surface area (Å²) >= 11 is 41.2. The fourth-order valence-electron chi connectivity index (χ4n) is 7.09. The lowest BCUT2D eigenvalue weighted by molar-refractivity contribution is -0.139. The van der Waals surface area contributed by atoms with E-state index in [1.807, 2.05) is 19.9 Å². The predicted molar refractivity (Wildman–Crippen MR) is 272 cm³/mol. The second kappa shape index (κ2) is 27.8. The average molecular weight is 1030 g/mol. The number of allylic oxidation sites excluding steroid dienone is 3. The van der Waals surface area contributed by atoms with Gasteiger partial charge < -0.3 is 19.9 Å². The molecule has 1 fully saturated rings. The van der Waals surface area contributed by atoms with Crippen molar-refractivity contribution >= 4 is 104 Å². The molecule has 4 aromatic carbocycles. The molecular weight excluding hydrogens is 973 g/mol. The van der Waals surface area contributed by atoms with Gasteiger partial charge in [-0.15, -0.1) is 19.7 Å². The Labute approximate surface area is 418 Å². The minimum atomic E-state index is -0.897. The van der Waals surface area contributed by atoms with Crippen LogP contribution in [0.5, 0.6) is 11.5 Å². The van der Waals surface area contributed by atoms with Gasteiger partial charge in [-0.3, -0.25) is 19.3 Å². The number of carbonyl (C=O) groups excluding carboxylic acids is 2. The van der Waals surface area contributed by atoms with E-state index in [4.69, 9.17) is 95.8 Å². The van der Waals surface area contributed by atoms with E-state index in [0.717, 1.165) is 30.8 Å². The molecule has 6 atom stereocenters. The number of anilines is 1. The molecule has 15 heteroatoms. The molecule has 4 aromatic rings. The number of nitrogens with one attached hydrogen (secondary N) is 1. The first-order valence-corrected chi connectivity index (χ1v) is 23.5. The van der Waals surface area contributed by atoms with Gasteiger partial charge in [0.15, 0.2) is 11.5 Å². The zero-order valence-corrected chi connectivity index (χ0v) is 42.1. The Balaban J connectivity index is 0.000000293. The van der Waals surface area contributed by atoms with E-state index in [1.54, 1.807) is 99.0 Å². The highest BCUT2D eigenvalue weighted by atomic mass is 35.5. The minimum absolute atomic E-state index is 0.0535. The van der Waals surface area contributed by atoms with Gasteiger partial charge >= 0.3 is 5.97 Å². The van der Waals surface area contributed by atoms with Gasteiger partial charge in [-0.05, 0) is 121 Å². The number of carbonyl (C=O) groups is 3. The predicted octanol–water partition coefficient (Wildman–Crippen LogP) is 15.1. The number of piperidine rings is 1. The van der Waals surface area contributed by atoms with Gasteiger partial charge in [-0.1, -0.05) is 133 Å². The Kier molecular flexibility index (Phi) is 23.8. The van der Waals surface area contributed by atoms with Crippen molar-refractivity contribution in [2.45, 2.75) is 57.8 Å². The first-order valence-electron chi connectivity index (χ1n) is 20.9. The van der Waals surface area contributed by atoms with E-state index in [9.17, 15) is 14.4 Å². The Bertz CT molecular complexity index is 2190. The highest BCUT2D eigenvalue weighted by Gasteiger charge is 2.28. The highest BCUT2D eigenvalue weighted by Crippen LogP contribution is 2.36. The molecule has 0 saturated carbocycles. The normalized spacial score (nSPS) is 15.1. The van der Waals surface area contributed by atoms with E-state index in [-0.39, 0.29) is 23.7 Å². The zero-order valence-electron chi connectivity index (χ0n) is 36.8. The number of likely N-dealkylation sites (tertiary alicyclic amines) is 1. The number of hydrogen-bond acceptors (Lipinski definition) is 6. The van der Waals surface area contributed by atoms with Gasteiger partial charge in [0.25, 0.3) is 0 Å². The average Bonchev–Trinajstić information content (AvgIpc) is 3.28. The van der Waals surface area contributed by atoms with Gasteiger partial charge in [0.2, 0.25) is 11.1 Å². The fraction of sp³-hybridized carbons (Fsp3) is 0.340. The summed E-state index contributed by atoms with van der Waals surface area (Å²) in [4.78, 5) is 38.3. The van der Waals surface area contributed by atoms with Crippen molar-refractivity contribution in [1.82, 2.24) is 4.90 Å². The summed E-state index contributed by atoms with van der Waals surface area (Å²) in [5.41, 5.74) is 2.80. The van der Waals surface area contributed by atoms with E-state index >= 15 is 0 Å². The van der Waals surface area contributed by atoms with Gasteiger partial charge in [0.05, 0.1) is 55.0 Å². The number of methoxy groups -OCH3 is 1. The topological polar surface area (TPSA) is 105 Å². The Morgan fingerprint density at radius 1 is 0.646 bits per heavy atom. The van der Waals surface area contributed by atoms with Crippen molar-refractivity contribution in [3.63, 3.8) is 0 Å². The minimum Gasteiger partial charge on any atom is -0.493 e. The Hall–Kier alpha value is -3.70. The lowest BCUT2D eigenvalue weighted by Crippen LogP contribution is -2.33. The first kappa shape index (κ1) is 55.6. The molecule has 0 aliphatic carbocycles. The number of amides is 1. The van der Waals surface area contributed by atoms with Crippen molar-refractivity contribution in [3.05, 3.63) is 158 Å². The van der Waals surface area contributed by atoms with Crippen molar-refractivity contribution in [2.75, 3.05) is 38.7 Å². The van der Waals surface area contributed by atoms with Crippen LogP contribution in [0.3, 0.4) is 0 Å². The fourth-order valence-corrected chi connectivity index (χ4v) is 8.33. The molecule has 0 aromatic heterocycles. The second-order valence-corrected chi connectivity index (χ2v) is 18.3. The smallest absolute Gasteiger partial charge is 0.311 e. The third kappa shape index (κ3) is 16.8. The van der Waals surface area contributed by atoms with E-state index in [1.165, 1.54) is 19.3 Å². The van der Waals surface area contributed by atoms with E-state index in [0.29, 0.717) is 59.5 Å². The molecule has 0 radical (unpaired) electrons. The Morgan fingerprint density at radius 3 is 1.52 bits per heavy atom. The highest BCUT2D eigenvalue weighted by molar-refractivity contribution is 6.64. The number of carboxylic acid groups (broad SMARTS) is 1. The molecule has 8 nitrogen and oxygen atoms in total. The molecule has 1 saturated heterocycles. The van der Waals surface area contributed by atoms with Crippen LogP contribution in [-0.4, -0.2) is 60.5 Å². The number of benzene rings is 4. The summed E-state index contributed by atoms with van der Waals surface area (Å²) in [7, 11) is 1.61. The maximum Gasteiger partial charge on any atom is 0.311 e. The summed E-state index contributed by atoms with van der Waals surface area (Å²) in [5.74, 6) is -1.71. The van der Waals surface area contributed by atoms with Crippen LogP contribution in [-0.2, 0) is 14.4 Å². The van der Waals surface area contributed by atoms with Gasteiger partial charge in [0, 0.05) is 18.3 Å². The second-order valence-electron chi connectivity index (χ2n) is 15.5. The lowest BCUT2D eigenvalue weighted by atomic mass is 9.86. The van der Waals surface area contributed by atoms with Crippen molar-refractivity contribution < 1.29 is 29.0 Å². The molecule has 65 heavy (non-hydrogen) atoms. The van der Waals surface area contributed by atoms with Crippen LogP contribution in [0, 0.1) is 17.8 Å². The van der Waals surface area contributed by atoms with Gasteiger partial charge in [0.1, 0.15) is 6.61 Å². The molecule has 350 valence electrons. The Morgan fingerprint density at radius 2 is 1.09 bits per heavy atom. The molecule has 0 bridgehead atoms. The van der Waals surface area contributed by atoms with E-state index < -0.39 is 29.0 Å². The van der Waals surface area contributed by atoms with Crippen LogP contribution >= 0.6 is 81.2 Å². The van der Waals surface area contributed by atoms with Crippen LogP contribution in [0.4, 0.5) is 5.69 Å². The van der Waals surface area contributed by atoms with Crippen LogP contribution in [0.25, 0.3) is 0 Å². The van der Waals surface area contributed by atoms with Crippen LogP contribution in [0.1, 0.15) is 74.5 Å². The zero-order chi connectivity index (χ0) is 48.4. The number of halogens is 7. The molecule has 1 aliphatic rings. The molecule has 0 spiro atoms. The van der Waals surface area contributed by atoms with Crippen molar-refractivity contribution in [1.29, 1.82) is 0 Å². The van der Waals surface area contributed by atoms with Crippen LogP contribution in [0.15, 0.2) is 111 Å². The molecule has 5 rings (SSSR count). The first-order chi connectivity index (χ1) is 30.9. The largest absolute Gasteiger partial charge is 0.493 e. The SMILES string of the molecule is C=CC(C)C(C(=O)Cl)c1ccc(Cl)c(Cl)c1.C=CC(C)C(C(=O)Nc1ccc(OC)c(OCCN2CCCCC2)c1)c1ccc(Cl)c(Cl)c1.C=CC(C)C(C(=O)O)c1ccc(Cl)c(Cl)c1. The number of nitrogens with zero attached hydrogens (tertiary/aromatic N) is 1. The van der Waals surface area contributed by atoms with Crippen molar-refractivity contribution in [3.8, 4) is 11.5 Å². The molecule has 1 aliphatic heterocycles. The number of carboxylic acids is 1. The third-order valence-corrected chi connectivity index (χ3v) is 13.4. The van der Waals surface area contributed by atoms with Crippen molar-refractivity contribution in [2.24, 2.45) is 17.8 Å². The summed E-state index contributed by atoms with van der Waals surface area (Å²) in [5, 5.41) is 14.3. The maximum absolute atomic E-state index is 13.3. The van der Waals surface area contributed by atoms with Crippen LogP contribution in [0.2, 0.25) is 30.1 Å².